The topological polar surface area (TPSA) is 41.1 Å². The highest BCUT2D eigenvalue weighted by molar-refractivity contribution is 5.76. The van der Waals surface area contributed by atoms with Crippen molar-refractivity contribution in [2.45, 2.75) is 64.0 Å². The van der Waals surface area contributed by atoms with Crippen LogP contribution in [-0.4, -0.2) is 24.5 Å². The summed E-state index contributed by atoms with van der Waals surface area (Å²) < 4.78 is 0. The third-order valence-electron chi connectivity index (χ3n) is 3.54. The lowest BCUT2D eigenvalue weighted by molar-refractivity contribution is -0.121. The second-order valence-electron chi connectivity index (χ2n) is 5.33. The lowest BCUT2D eigenvalue weighted by Gasteiger charge is -2.16. The van der Waals surface area contributed by atoms with Crippen LogP contribution in [0.5, 0.6) is 0 Å². The van der Waals surface area contributed by atoms with E-state index < -0.39 is 0 Å². The van der Waals surface area contributed by atoms with E-state index in [0.29, 0.717) is 18.5 Å². The maximum Gasteiger partial charge on any atom is 0.221 e. The number of carbonyl (C=O) groups excluding carboxylic acids is 1. The van der Waals surface area contributed by atoms with E-state index in [9.17, 15) is 4.79 Å². The molecule has 2 N–H and O–H groups in total. The summed E-state index contributed by atoms with van der Waals surface area (Å²) in [6.45, 7) is 3.01. The zero-order chi connectivity index (χ0) is 11.4. The van der Waals surface area contributed by atoms with Gasteiger partial charge < -0.3 is 10.6 Å². The van der Waals surface area contributed by atoms with E-state index in [4.69, 9.17) is 0 Å². The molecule has 16 heavy (non-hydrogen) atoms. The van der Waals surface area contributed by atoms with Gasteiger partial charge in [0.2, 0.25) is 5.91 Å². The Labute approximate surface area is 98.4 Å². The van der Waals surface area contributed by atoms with Crippen LogP contribution < -0.4 is 10.6 Å². The number of hydrogen-bond acceptors (Lipinski definition) is 2. The van der Waals surface area contributed by atoms with Crippen molar-refractivity contribution in [1.82, 2.24) is 10.6 Å². The average molecular weight is 224 g/mol. The molecule has 2 fully saturated rings. The maximum absolute atomic E-state index is 11.7. The largest absolute Gasteiger partial charge is 0.353 e. The summed E-state index contributed by atoms with van der Waals surface area (Å²) in [7, 11) is 0. The van der Waals surface area contributed by atoms with Gasteiger partial charge >= 0.3 is 0 Å². The average Bonchev–Trinajstić information content (AvgIpc) is 3.11. The molecule has 0 spiro atoms. The fourth-order valence-corrected chi connectivity index (χ4v) is 2.06. The lowest BCUT2D eigenvalue weighted by atomic mass is 10.1. The van der Waals surface area contributed by atoms with Crippen LogP contribution in [0.15, 0.2) is 0 Å². The van der Waals surface area contributed by atoms with Gasteiger partial charge in [-0.2, -0.15) is 0 Å². The minimum absolute atomic E-state index is 0.223. The summed E-state index contributed by atoms with van der Waals surface area (Å²) in [4.78, 5) is 11.7. The molecule has 0 radical (unpaired) electrons. The van der Waals surface area contributed by atoms with Crippen LogP contribution in [0.4, 0.5) is 0 Å². The van der Waals surface area contributed by atoms with Crippen LogP contribution in [-0.2, 0) is 4.79 Å². The molecule has 2 aliphatic carbocycles. The standard InChI is InChI=1S/C13H24N2O/c1-2-11(9-10-3-4-10)15-13(16)7-8-14-12-5-6-12/h10-12,14H,2-9H2,1H3,(H,15,16). The molecule has 1 atom stereocenters. The molecule has 92 valence electrons. The molecule has 0 aromatic heterocycles. The normalized spacial score (nSPS) is 21.8. The van der Waals surface area contributed by atoms with E-state index in [1.54, 1.807) is 0 Å². The van der Waals surface area contributed by atoms with Crippen LogP contribution in [0.1, 0.15) is 51.9 Å². The first-order valence-electron chi connectivity index (χ1n) is 6.80. The van der Waals surface area contributed by atoms with Gasteiger partial charge in [0.05, 0.1) is 0 Å². The number of carbonyl (C=O) groups is 1. The molecule has 3 heteroatoms. The number of nitrogens with one attached hydrogen (secondary N) is 2. The lowest BCUT2D eigenvalue weighted by Crippen LogP contribution is -2.36. The van der Waals surface area contributed by atoms with Gasteiger partial charge in [0.1, 0.15) is 0 Å². The molecular formula is C13H24N2O. The quantitative estimate of drug-likeness (QED) is 0.660. The monoisotopic (exact) mass is 224 g/mol. The molecule has 0 aromatic carbocycles. The summed E-state index contributed by atoms with van der Waals surface area (Å²) in [5.74, 6) is 1.12. The van der Waals surface area contributed by atoms with Crippen LogP contribution >= 0.6 is 0 Å². The maximum atomic E-state index is 11.7. The number of hydrogen-bond donors (Lipinski definition) is 2. The smallest absolute Gasteiger partial charge is 0.221 e. The summed E-state index contributed by atoms with van der Waals surface area (Å²) >= 11 is 0. The van der Waals surface area contributed by atoms with Crippen molar-refractivity contribution in [2.75, 3.05) is 6.54 Å². The first kappa shape index (κ1) is 11.9. The van der Waals surface area contributed by atoms with Gasteiger partial charge in [0, 0.05) is 25.0 Å². The summed E-state index contributed by atoms with van der Waals surface area (Å²) in [5, 5.41) is 6.52. The molecule has 1 unspecified atom stereocenters. The van der Waals surface area contributed by atoms with E-state index >= 15 is 0 Å². The predicted octanol–water partition coefficient (Wildman–Crippen LogP) is 1.82. The Bertz CT molecular complexity index is 234. The highest BCUT2D eigenvalue weighted by Gasteiger charge is 2.25. The molecular weight excluding hydrogens is 200 g/mol. The van der Waals surface area contributed by atoms with E-state index in [1.807, 2.05) is 0 Å². The second kappa shape index (κ2) is 5.67. The Kier molecular flexibility index (Phi) is 4.22. The first-order chi connectivity index (χ1) is 7.78. The molecule has 0 bridgehead atoms. The van der Waals surface area contributed by atoms with Crippen LogP contribution in [0.25, 0.3) is 0 Å². The minimum Gasteiger partial charge on any atom is -0.353 e. The van der Waals surface area contributed by atoms with Crippen LogP contribution in [0.2, 0.25) is 0 Å². The van der Waals surface area contributed by atoms with Gasteiger partial charge in [0.15, 0.2) is 0 Å². The zero-order valence-electron chi connectivity index (χ0n) is 10.3. The molecule has 0 saturated heterocycles. The zero-order valence-corrected chi connectivity index (χ0v) is 10.3. The third-order valence-corrected chi connectivity index (χ3v) is 3.54. The Morgan fingerprint density at radius 1 is 1.31 bits per heavy atom. The van der Waals surface area contributed by atoms with Crippen LogP contribution in [0, 0.1) is 5.92 Å². The van der Waals surface area contributed by atoms with Crippen molar-refractivity contribution < 1.29 is 4.79 Å². The van der Waals surface area contributed by atoms with E-state index in [1.165, 1.54) is 32.1 Å². The Morgan fingerprint density at radius 2 is 2.06 bits per heavy atom. The fraction of sp³-hybridized carbons (Fsp3) is 0.923. The molecule has 1 amide bonds. The molecule has 0 aromatic rings. The van der Waals surface area contributed by atoms with Crippen molar-refractivity contribution in [3.05, 3.63) is 0 Å². The molecule has 2 rings (SSSR count). The van der Waals surface area contributed by atoms with Crippen molar-refractivity contribution in [3.63, 3.8) is 0 Å². The van der Waals surface area contributed by atoms with Gasteiger partial charge in [-0.05, 0) is 31.6 Å². The van der Waals surface area contributed by atoms with Crippen molar-refractivity contribution >= 4 is 5.91 Å². The van der Waals surface area contributed by atoms with Gasteiger partial charge in [0.25, 0.3) is 0 Å². The third kappa shape index (κ3) is 4.52. The second-order valence-corrected chi connectivity index (χ2v) is 5.33. The number of amides is 1. The molecule has 0 aliphatic heterocycles. The first-order valence-corrected chi connectivity index (χ1v) is 6.80. The Morgan fingerprint density at radius 3 is 2.62 bits per heavy atom. The molecule has 0 heterocycles. The van der Waals surface area contributed by atoms with Crippen molar-refractivity contribution in [3.8, 4) is 0 Å². The van der Waals surface area contributed by atoms with Crippen molar-refractivity contribution in [2.24, 2.45) is 5.92 Å². The molecule has 2 aliphatic rings. The van der Waals surface area contributed by atoms with E-state index in [0.717, 1.165) is 18.9 Å². The van der Waals surface area contributed by atoms with Gasteiger partial charge in [-0.1, -0.05) is 19.8 Å². The highest BCUT2D eigenvalue weighted by Crippen LogP contribution is 2.34. The minimum atomic E-state index is 0.223. The van der Waals surface area contributed by atoms with Gasteiger partial charge in [-0.3, -0.25) is 4.79 Å². The number of rotatable bonds is 8. The fourth-order valence-electron chi connectivity index (χ4n) is 2.06. The predicted molar refractivity (Wildman–Crippen MR) is 65.2 cm³/mol. The van der Waals surface area contributed by atoms with Crippen LogP contribution in [0.3, 0.4) is 0 Å². The summed E-state index contributed by atoms with van der Waals surface area (Å²) in [6, 6.07) is 1.13. The van der Waals surface area contributed by atoms with Gasteiger partial charge in [-0.25, -0.2) is 0 Å². The highest BCUT2D eigenvalue weighted by atomic mass is 16.1. The summed E-state index contributed by atoms with van der Waals surface area (Å²) in [5.41, 5.74) is 0. The molecule has 2 saturated carbocycles. The van der Waals surface area contributed by atoms with Gasteiger partial charge in [-0.15, -0.1) is 0 Å². The Hall–Kier alpha value is -0.570. The summed E-state index contributed by atoms with van der Waals surface area (Å²) in [6.07, 6.45) is 8.22. The van der Waals surface area contributed by atoms with E-state index in [-0.39, 0.29) is 5.91 Å². The van der Waals surface area contributed by atoms with E-state index in [2.05, 4.69) is 17.6 Å². The van der Waals surface area contributed by atoms with Crippen molar-refractivity contribution in [1.29, 1.82) is 0 Å². The SMILES string of the molecule is CCC(CC1CC1)NC(=O)CCNC1CC1. The molecule has 3 nitrogen and oxygen atoms in total. The Balaban J connectivity index is 1.55.